The fourth-order valence-electron chi connectivity index (χ4n) is 4.95. The van der Waals surface area contributed by atoms with Crippen LogP contribution in [0.15, 0.2) is 36.4 Å². The fraction of sp³-hybridized carbons (Fsp3) is 0.458. The molecule has 2 saturated heterocycles. The van der Waals surface area contributed by atoms with E-state index in [-0.39, 0.29) is 24.2 Å². The molecule has 0 aliphatic carbocycles. The number of aryl methyl sites for hydroxylation is 1. The van der Waals surface area contributed by atoms with Crippen LogP contribution in [0.25, 0.3) is 0 Å². The zero-order chi connectivity index (χ0) is 22.8. The van der Waals surface area contributed by atoms with Crippen LogP contribution in [-0.2, 0) is 11.2 Å². The molecule has 2 aromatic rings. The molecule has 0 amide bonds. The van der Waals surface area contributed by atoms with Crippen LogP contribution in [0.4, 0.5) is 0 Å². The summed E-state index contributed by atoms with van der Waals surface area (Å²) in [5, 5.41) is 13.7. The van der Waals surface area contributed by atoms with Gasteiger partial charge in [0.05, 0.1) is 39.5 Å². The Morgan fingerprint density at radius 2 is 1.66 bits per heavy atom. The maximum absolute atomic E-state index is 12.4. The molecule has 4 rings (SSSR count). The molecule has 8 nitrogen and oxygen atoms in total. The van der Waals surface area contributed by atoms with Gasteiger partial charge in [-0.25, -0.2) is 10.9 Å². The van der Waals surface area contributed by atoms with E-state index in [1.165, 1.54) is 5.56 Å². The minimum atomic E-state index is -0.799. The summed E-state index contributed by atoms with van der Waals surface area (Å²) in [6.45, 7) is 2.12. The van der Waals surface area contributed by atoms with E-state index < -0.39 is 11.9 Å². The maximum Gasteiger partial charge on any atom is 0.307 e. The van der Waals surface area contributed by atoms with Crippen LogP contribution < -0.4 is 30.4 Å². The highest BCUT2D eigenvalue weighted by molar-refractivity contribution is 5.71. The quantitative estimate of drug-likeness (QED) is 0.520. The molecule has 2 fully saturated rings. The first-order valence-electron chi connectivity index (χ1n) is 10.9. The second-order valence-corrected chi connectivity index (χ2v) is 8.27. The number of carboxylic acid groups (broad SMARTS) is 1. The van der Waals surface area contributed by atoms with Crippen LogP contribution in [-0.4, -0.2) is 38.6 Å². The number of aliphatic carboxylic acids is 1. The van der Waals surface area contributed by atoms with E-state index in [2.05, 4.69) is 47.4 Å². The zero-order valence-corrected chi connectivity index (χ0v) is 18.8. The summed E-state index contributed by atoms with van der Waals surface area (Å²) in [6, 6.07) is 11.7. The molecule has 8 heteroatoms. The molecule has 172 valence electrons. The minimum Gasteiger partial charge on any atom is -0.496 e. The molecule has 5 unspecified atom stereocenters. The number of ether oxygens (including phenoxy) is 3. The van der Waals surface area contributed by atoms with Gasteiger partial charge in [-0.1, -0.05) is 31.2 Å². The van der Waals surface area contributed by atoms with Crippen molar-refractivity contribution >= 4 is 5.97 Å². The summed E-state index contributed by atoms with van der Waals surface area (Å²) in [7, 11) is 4.74. The Bertz CT molecular complexity index is 965. The third kappa shape index (κ3) is 4.01. The number of piperidine rings is 1. The Labute approximate surface area is 188 Å². The number of fused-ring (bicyclic) bond motifs is 1. The Balaban J connectivity index is 1.65. The van der Waals surface area contributed by atoms with Crippen LogP contribution in [0.1, 0.15) is 42.1 Å². The highest BCUT2D eigenvalue weighted by Gasteiger charge is 2.49. The van der Waals surface area contributed by atoms with Crippen LogP contribution in [0.3, 0.4) is 0 Å². The molecule has 4 N–H and O–H groups in total. The third-order valence-electron chi connectivity index (χ3n) is 6.67. The van der Waals surface area contributed by atoms with Crippen molar-refractivity contribution in [3.63, 3.8) is 0 Å². The topological polar surface area (TPSA) is 101 Å². The summed E-state index contributed by atoms with van der Waals surface area (Å²) in [5.74, 6) is 0.259. The van der Waals surface area contributed by atoms with E-state index >= 15 is 0 Å². The first-order chi connectivity index (χ1) is 15.5. The van der Waals surface area contributed by atoms with Crippen molar-refractivity contribution in [3.8, 4) is 17.2 Å². The summed E-state index contributed by atoms with van der Waals surface area (Å²) < 4.78 is 16.5. The second-order valence-electron chi connectivity index (χ2n) is 8.27. The summed E-state index contributed by atoms with van der Waals surface area (Å²) in [4.78, 5) is 12.4. The largest absolute Gasteiger partial charge is 0.496 e. The Kier molecular flexibility index (Phi) is 6.55. The van der Waals surface area contributed by atoms with Gasteiger partial charge in [0, 0.05) is 23.6 Å². The van der Waals surface area contributed by atoms with E-state index in [1.807, 2.05) is 6.07 Å². The standard InChI is InChI=1S/C24H31N3O5/c1-5-13-6-8-14(9-7-13)22-21-16(24(28)29)10-17(25-23(21)27-26-22)15-11-19(31-3)20(32-4)12-18(15)30-2/h6-9,11-12,16-17,21-23,25-27H,5,10H2,1-4H3,(H,28,29). The third-order valence-corrected chi connectivity index (χ3v) is 6.67. The predicted octanol–water partition coefficient (Wildman–Crippen LogP) is 2.80. The molecule has 5 atom stereocenters. The normalized spacial score (nSPS) is 26.9. The molecule has 32 heavy (non-hydrogen) atoms. The first kappa shape index (κ1) is 22.4. The smallest absolute Gasteiger partial charge is 0.307 e. The fourth-order valence-corrected chi connectivity index (χ4v) is 4.95. The van der Waals surface area contributed by atoms with Gasteiger partial charge in [-0.15, -0.1) is 0 Å². The van der Waals surface area contributed by atoms with Crippen LogP contribution >= 0.6 is 0 Å². The number of hydrogen-bond donors (Lipinski definition) is 4. The lowest BCUT2D eigenvalue weighted by atomic mass is 9.74. The van der Waals surface area contributed by atoms with Gasteiger partial charge < -0.3 is 19.3 Å². The van der Waals surface area contributed by atoms with Crippen molar-refractivity contribution in [1.29, 1.82) is 0 Å². The number of carboxylic acids is 1. The molecular formula is C24H31N3O5. The van der Waals surface area contributed by atoms with Gasteiger partial charge in [-0.05, 0) is 30.0 Å². The average Bonchev–Trinajstić information content (AvgIpc) is 3.26. The SMILES string of the molecule is CCc1ccc(C2NNC3NC(c4cc(OC)c(OC)cc4OC)CC(C(=O)O)C32)cc1. The van der Waals surface area contributed by atoms with Crippen LogP contribution in [0, 0.1) is 11.8 Å². The maximum atomic E-state index is 12.4. The van der Waals surface area contributed by atoms with Gasteiger partial charge in [-0.3, -0.25) is 10.1 Å². The molecule has 0 radical (unpaired) electrons. The molecule has 0 aromatic heterocycles. The van der Waals surface area contributed by atoms with Crippen molar-refractivity contribution in [2.75, 3.05) is 21.3 Å². The Hall–Kier alpha value is -2.81. The average molecular weight is 442 g/mol. The van der Waals surface area contributed by atoms with Crippen molar-refractivity contribution in [2.24, 2.45) is 11.8 Å². The number of nitrogens with one attached hydrogen (secondary N) is 3. The van der Waals surface area contributed by atoms with E-state index in [1.54, 1.807) is 27.4 Å². The summed E-state index contributed by atoms with van der Waals surface area (Å²) >= 11 is 0. The van der Waals surface area contributed by atoms with E-state index in [9.17, 15) is 9.90 Å². The molecule has 2 heterocycles. The Morgan fingerprint density at radius 3 is 2.25 bits per heavy atom. The Morgan fingerprint density at radius 1 is 1.00 bits per heavy atom. The van der Waals surface area contributed by atoms with Crippen LogP contribution in [0.2, 0.25) is 0 Å². The molecule has 0 spiro atoms. The molecular weight excluding hydrogens is 410 g/mol. The van der Waals surface area contributed by atoms with E-state index in [0.29, 0.717) is 23.7 Å². The van der Waals surface area contributed by atoms with E-state index in [0.717, 1.165) is 17.5 Å². The summed E-state index contributed by atoms with van der Waals surface area (Å²) in [6.07, 6.45) is 1.18. The van der Waals surface area contributed by atoms with Gasteiger partial charge in [0.1, 0.15) is 5.75 Å². The molecule has 0 bridgehead atoms. The monoisotopic (exact) mass is 441 g/mol. The number of methoxy groups -OCH3 is 3. The van der Waals surface area contributed by atoms with Crippen molar-refractivity contribution in [1.82, 2.24) is 16.2 Å². The number of hydrazine groups is 1. The number of hydrogen-bond acceptors (Lipinski definition) is 7. The summed E-state index contributed by atoms with van der Waals surface area (Å²) in [5.41, 5.74) is 9.79. The van der Waals surface area contributed by atoms with Crippen LogP contribution in [0.5, 0.6) is 17.2 Å². The van der Waals surface area contributed by atoms with Crippen molar-refractivity contribution in [2.45, 2.75) is 38.0 Å². The van der Waals surface area contributed by atoms with Gasteiger partial charge in [0.25, 0.3) is 0 Å². The van der Waals surface area contributed by atoms with Crippen molar-refractivity contribution in [3.05, 3.63) is 53.1 Å². The lowest BCUT2D eigenvalue weighted by Crippen LogP contribution is -2.53. The molecule has 2 aliphatic rings. The molecule has 2 aromatic carbocycles. The number of benzene rings is 2. The molecule has 0 saturated carbocycles. The van der Waals surface area contributed by atoms with Gasteiger partial charge >= 0.3 is 5.97 Å². The number of rotatable bonds is 7. The van der Waals surface area contributed by atoms with Crippen molar-refractivity contribution < 1.29 is 24.1 Å². The highest BCUT2D eigenvalue weighted by atomic mass is 16.5. The van der Waals surface area contributed by atoms with Gasteiger partial charge in [-0.2, -0.15) is 0 Å². The lowest BCUT2D eigenvalue weighted by Gasteiger charge is -2.39. The van der Waals surface area contributed by atoms with Gasteiger partial charge in [0.2, 0.25) is 0 Å². The molecule has 2 aliphatic heterocycles. The minimum absolute atomic E-state index is 0.104. The second kappa shape index (κ2) is 9.36. The highest BCUT2D eigenvalue weighted by Crippen LogP contribution is 2.46. The number of carbonyl (C=O) groups is 1. The van der Waals surface area contributed by atoms with Gasteiger partial charge in [0.15, 0.2) is 11.5 Å². The van der Waals surface area contributed by atoms with E-state index in [4.69, 9.17) is 14.2 Å². The first-order valence-corrected chi connectivity index (χ1v) is 10.9. The zero-order valence-electron chi connectivity index (χ0n) is 18.8. The lowest BCUT2D eigenvalue weighted by molar-refractivity contribution is -0.146. The predicted molar refractivity (Wildman–Crippen MR) is 120 cm³/mol.